The zero-order chi connectivity index (χ0) is 14.5. The van der Waals surface area contributed by atoms with Gasteiger partial charge in [0.15, 0.2) is 11.6 Å². The normalized spacial score (nSPS) is 14.8. The Hall–Kier alpha value is -1.73. The number of pyridine rings is 1. The van der Waals surface area contributed by atoms with Gasteiger partial charge in [0, 0.05) is 25.4 Å². The van der Waals surface area contributed by atoms with Gasteiger partial charge in [0.2, 0.25) is 0 Å². The Kier molecular flexibility index (Phi) is 4.86. The van der Waals surface area contributed by atoms with Crippen molar-refractivity contribution in [3.05, 3.63) is 23.6 Å². The fourth-order valence-corrected chi connectivity index (χ4v) is 2.25. The fraction of sp³-hybridized carbons (Fsp3) is 0.538. The van der Waals surface area contributed by atoms with Gasteiger partial charge >= 0.3 is 0 Å². The second-order valence-corrected chi connectivity index (χ2v) is 4.83. The van der Waals surface area contributed by atoms with Crippen LogP contribution in [0, 0.1) is 5.82 Å². The number of halogens is 1. The minimum Gasteiger partial charge on any atom is -0.396 e. The quantitative estimate of drug-likeness (QED) is 0.532. The maximum absolute atomic E-state index is 14.1. The van der Waals surface area contributed by atoms with Crippen molar-refractivity contribution in [1.82, 2.24) is 9.88 Å². The molecule has 0 radical (unpaired) electrons. The number of hydrogen-bond acceptors (Lipinski definition) is 5. The molecule has 4 N–H and O–H groups in total. The fourth-order valence-electron chi connectivity index (χ4n) is 2.25. The number of nitrogens with one attached hydrogen (secondary N) is 1. The molecule has 1 fully saturated rings. The van der Waals surface area contributed by atoms with Crippen molar-refractivity contribution >= 4 is 11.7 Å². The number of rotatable bonds is 6. The van der Waals surface area contributed by atoms with Crippen molar-refractivity contribution in [1.29, 1.82) is 0 Å². The Morgan fingerprint density at radius 2 is 2.35 bits per heavy atom. The second-order valence-electron chi connectivity index (χ2n) is 4.83. The van der Waals surface area contributed by atoms with Crippen molar-refractivity contribution in [2.24, 2.45) is 5.84 Å². The van der Waals surface area contributed by atoms with Gasteiger partial charge in [-0.2, -0.15) is 0 Å². The number of aromatic nitrogens is 1. The van der Waals surface area contributed by atoms with Crippen molar-refractivity contribution < 1.29 is 14.3 Å². The average Bonchev–Trinajstić information content (AvgIpc) is 2.40. The lowest BCUT2D eigenvalue weighted by atomic mass is 9.90. The van der Waals surface area contributed by atoms with Gasteiger partial charge in [-0.25, -0.2) is 15.2 Å². The molecule has 1 aromatic rings. The highest BCUT2D eigenvalue weighted by Gasteiger charge is 2.30. The number of aliphatic hydroxyl groups excluding tert-OH is 1. The van der Waals surface area contributed by atoms with Gasteiger partial charge in [0.25, 0.3) is 5.91 Å². The standard InChI is InChI=1S/C13H19FN4O2/c14-11-10(5-6-16-12(11)17-15)13(20)18(7-2-8-19)9-3-1-4-9/h5-6,9,19H,1-4,7-8,15H2,(H,16,17). The van der Waals surface area contributed by atoms with Gasteiger partial charge in [-0.1, -0.05) is 0 Å². The van der Waals surface area contributed by atoms with E-state index < -0.39 is 5.82 Å². The zero-order valence-electron chi connectivity index (χ0n) is 11.2. The first-order valence-corrected chi connectivity index (χ1v) is 6.72. The minimum atomic E-state index is -0.742. The van der Waals surface area contributed by atoms with Crippen LogP contribution < -0.4 is 11.3 Å². The molecule has 0 saturated heterocycles. The molecule has 110 valence electrons. The highest BCUT2D eigenvalue weighted by atomic mass is 19.1. The summed E-state index contributed by atoms with van der Waals surface area (Å²) in [6.45, 7) is 0.429. The van der Waals surface area contributed by atoms with Gasteiger partial charge < -0.3 is 15.4 Å². The summed E-state index contributed by atoms with van der Waals surface area (Å²) in [5, 5.41) is 8.93. The van der Waals surface area contributed by atoms with Gasteiger partial charge in [-0.05, 0) is 31.7 Å². The minimum absolute atomic E-state index is 0.00489. The first-order chi connectivity index (χ1) is 9.69. The number of amides is 1. The third-order valence-corrected chi connectivity index (χ3v) is 3.59. The Balaban J connectivity index is 2.22. The lowest BCUT2D eigenvalue weighted by Crippen LogP contribution is -2.45. The topological polar surface area (TPSA) is 91.5 Å². The molecule has 1 aliphatic rings. The molecule has 0 spiro atoms. The smallest absolute Gasteiger partial charge is 0.257 e. The van der Waals surface area contributed by atoms with Crippen LogP contribution >= 0.6 is 0 Å². The summed E-state index contributed by atoms with van der Waals surface area (Å²) in [4.78, 5) is 17.8. The molecule has 0 unspecified atom stereocenters. The molecule has 1 aliphatic carbocycles. The van der Waals surface area contributed by atoms with E-state index in [0.717, 1.165) is 19.3 Å². The third kappa shape index (κ3) is 2.88. The highest BCUT2D eigenvalue weighted by molar-refractivity contribution is 5.95. The van der Waals surface area contributed by atoms with Crippen LogP contribution in [0.15, 0.2) is 12.3 Å². The van der Waals surface area contributed by atoms with Crippen LogP contribution in [0.2, 0.25) is 0 Å². The first kappa shape index (κ1) is 14.7. The monoisotopic (exact) mass is 282 g/mol. The SMILES string of the molecule is NNc1nccc(C(=O)N(CCCO)C2CCC2)c1F. The van der Waals surface area contributed by atoms with Crippen molar-refractivity contribution in [2.45, 2.75) is 31.7 Å². The van der Waals surface area contributed by atoms with Crippen molar-refractivity contribution in [3.63, 3.8) is 0 Å². The van der Waals surface area contributed by atoms with E-state index in [9.17, 15) is 9.18 Å². The molecule has 2 rings (SSSR count). The molecule has 0 aromatic carbocycles. The third-order valence-electron chi connectivity index (χ3n) is 3.59. The summed E-state index contributed by atoms with van der Waals surface area (Å²) < 4.78 is 14.1. The number of anilines is 1. The van der Waals surface area contributed by atoms with E-state index in [1.54, 1.807) is 4.90 Å². The number of nitrogens with two attached hydrogens (primary N) is 1. The number of nitrogens with zero attached hydrogens (tertiary/aromatic N) is 2. The molecule has 20 heavy (non-hydrogen) atoms. The predicted molar refractivity (Wildman–Crippen MR) is 72.4 cm³/mol. The Morgan fingerprint density at radius 3 is 2.90 bits per heavy atom. The molecule has 0 aliphatic heterocycles. The van der Waals surface area contributed by atoms with E-state index in [2.05, 4.69) is 10.4 Å². The van der Waals surface area contributed by atoms with Gasteiger partial charge in [0.1, 0.15) is 0 Å². The molecule has 0 atom stereocenters. The molecule has 1 saturated carbocycles. The first-order valence-electron chi connectivity index (χ1n) is 6.72. The van der Waals surface area contributed by atoms with E-state index in [1.165, 1.54) is 12.3 Å². The van der Waals surface area contributed by atoms with Gasteiger partial charge in [0.05, 0.1) is 5.56 Å². The highest BCUT2D eigenvalue weighted by Crippen LogP contribution is 2.27. The summed E-state index contributed by atoms with van der Waals surface area (Å²) in [6, 6.07) is 1.49. The molecular formula is C13H19FN4O2. The molecule has 1 amide bonds. The average molecular weight is 282 g/mol. The Labute approximate surface area is 116 Å². The lowest BCUT2D eigenvalue weighted by molar-refractivity contribution is 0.0558. The van der Waals surface area contributed by atoms with E-state index in [0.29, 0.717) is 13.0 Å². The summed E-state index contributed by atoms with van der Waals surface area (Å²) in [5.41, 5.74) is 2.09. The summed E-state index contributed by atoms with van der Waals surface area (Å²) in [5.74, 6) is 3.90. The van der Waals surface area contributed by atoms with E-state index >= 15 is 0 Å². The molecule has 1 aromatic heterocycles. The molecule has 7 heteroatoms. The summed E-state index contributed by atoms with van der Waals surface area (Å²) in [6.07, 6.45) is 4.74. The van der Waals surface area contributed by atoms with Crippen LogP contribution in [0.3, 0.4) is 0 Å². The van der Waals surface area contributed by atoms with Crippen molar-refractivity contribution in [2.75, 3.05) is 18.6 Å². The summed E-state index contributed by atoms with van der Waals surface area (Å²) in [7, 11) is 0. The Morgan fingerprint density at radius 1 is 1.60 bits per heavy atom. The molecule has 0 bridgehead atoms. The second kappa shape index (κ2) is 6.62. The number of nitrogen functional groups attached to an aromatic ring is 1. The number of carbonyl (C=O) groups excluding carboxylic acids is 1. The molecule has 1 heterocycles. The largest absolute Gasteiger partial charge is 0.396 e. The number of aliphatic hydroxyl groups is 1. The number of hydrogen-bond donors (Lipinski definition) is 3. The van der Waals surface area contributed by atoms with Crippen LogP contribution in [0.25, 0.3) is 0 Å². The zero-order valence-corrected chi connectivity index (χ0v) is 11.2. The van der Waals surface area contributed by atoms with Crippen LogP contribution in [0.1, 0.15) is 36.0 Å². The Bertz CT molecular complexity index is 479. The van der Waals surface area contributed by atoms with Crippen LogP contribution in [-0.2, 0) is 0 Å². The van der Waals surface area contributed by atoms with Crippen LogP contribution in [-0.4, -0.2) is 40.1 Å². The predicted octanol–water partition coefficient (Wildman–Crippen LogP) is 0.883. The van der Waals surface area contributed by atoms with Gasteiger partial charge in [-0.15, -0.1) is 0 Å². The van der Waals surface area contributed by atoms with Gasteiger partial charge in [-0.3, -0.25) is 4.79 Å². The van der Waals surface area contributed by atoms with E-state index in [4.69, 9.17) is 10.9 Å². The molecule has 6 nitrogen and oxygen atoms in total. The van der Waals surface area contributed by atoms with Crippen LogP contribution in [0.4, 0.5) is 10.2 Å². The van der Waals surface area contributed by atoms with Crippen molar-refractivity contribution in [3.8, 4) is 0 Å². The lowest BCUT2D eigenvalue weighted by Gasteiger charge is -2.37. The maximum atomic E-state index is 14.1. The van der Waals surface area contributed by atoms with E-state index in [1.807, 2.05) is 0 Å². The maximum Gasteiger partial charge on any atom is 0.257 e. The van der Waals surface area contributed by atoms with E-state index in [-0.39, 0.29) is 29.9 Å². The molecular weight excluding hydrogens is 263 g/mol. The number of carbonyl (C=O) groups is 1. The number of hydrazine groups is 1. The van der Waals surface area contributed by atoms with Crippen LogP contribution in [0.5, 0.6) is 0 Å². The summed E-state index contributed by atoms with van der Waals surface area (Å²) >= 11 is 0.